The molecule has 0 saturated heterocycles. The largest absolute Gasteiger partial charge is 0.497 e. The summed E-state index contributed by atoms with van der Waals surface area (Å²) in [4.78, 5) is 24.0. The quantitative estimate of drug-likeness (QED) is 0.839. The van der Waals surface area contributed by atoms with Gasteiger partial charge >= 0.3 is 5.97 Å². The van der Waals surface area contributed by atoms with E-state index in [1.54, 1.807) is 19.4 Å². The Morgan fingerprint density at radius 1 is 1.28 bits per heavy atom. The molecular weight excluding hydrogens is 322 g/mol. The number of amides is 1. The summed E-state index contributed by atoms with van der Waals surface area (Å²) in [6, 6.07) is 5.46. The second-order valence-electron chi connectivity index (χ2n) is 6.72. The van der Waals surface area contributed by atoms with E-state index in [0.29, 0.717) is 24.2 Å². The molecule has 2 aromatic rings. The molecular formula is C19H23NO5. The summed E-state index contributed by atoms with van der Waals surface area (Å²) in [5.74, 6) is -0.309. The monoisotopic (exact) mass is 345 g/mol. The number of nitrogens with one attached hydrogen (secondary N) is 1. The highest BCUT2D eigenvalue weighted by Gasteiger charge is 2.39. The van der Waals surface area contributed by atoms with Crippen molar-refractivity contribution in [1.29, 1.82) is 0 Å². The van der Waals surface area contributed by atoms with Crippen LogP contribution in [0.3, 0.4) is 0 Å². The zero-order chi connectivity index (χ0) is 17.9. The lowest BCUT2D eigenvalue weighted by molar-refractivity contribution is -0.151. The molecule has 0 aliphatic heterocycles. The summed E-state index contributed by atoms with van der Waals surface area (Å²) in [6.45, 7) is 0.185. The molecule has 0 atom stereocenters. The van der Waals surface area contributed by atoms with Crippen molar-refractivity contribution >= 4 is 22.8 Å². The Balaban J connectivity index is 1.65. The zero-order valence-corrected chi connectivity index (χ0v) is 14.3. The number of fused-ring (bicyclic) bond motifs is 1. The van der Waals surface area contributed by atoms with Crippen LogP contribution in [0.4, 0.5) is 0 Å². The summed E-state index contributed by atoms with van der Waals surface area (Å²) >= 11 is 0. The first-order valence-electron chi connectivity index (χ1n) is 8.58. The van der Waals surface area contributed by atoms with Crippen molar-refractivity contribution in [2.45, 2.75) is 38.5 Å². The van der Waals surface area contributed by atoms with Gasteiger partial charge in [-0.25, -0.2) is 0 Å². The number of methoxy groups -OCH3 is 1. The summed E-state index contributed by atoms with van der Waals surface area (Å²) in [7, 11) is 1.59. The van der Waals surface area contributed by atoms with Gasteiger partial charge in [0.05, 0.1) is 25.2 Å². The molecule has 1 aliphatic rings. The van der Waals surface area contributed by atoms with Crippen LogP contribution in [0.25, 0.3) is 11.0 Å². The third kappa shape index (κ3) is 3.62. The van der Waals surface area contributed by atoms with E-state index in [0.717, 1.165) is 30.2 Å². The fourth-order valence-electron chi connectivity index (χ4n) is 3.53. The van der Waals surface area contributed by atoms with Gasteiger partial charge in [0, 0.05) is 23.6 Å². The number of ether oxygens (including phenoxy) is 1. The highest BCUT2D eigenvalue weighted by atomic mass is 16.5. The van der Waals surface area contributed by atoms with Crippen LogP contribution < -0.4 is 10.1 Å². The molecule has 6 nitrogen and oxygen atoms in total. The van der Waals surface area contributed by atoms with Gasteiger partial charge in [-0.1, -0.05) is 19.3 Å². The number of rotatable bonds is 6. The lowest BCUT2D eigenvalue weighted by atomic mass is 9.74. The molecule has 25 heavy (non-hydrogen) atoms. The van der Waals surface area contributed by atoms with E-state index in [1.807, 2.05) is 12.1 Å². The van der Waals surface area contributed by atoms with Crippen molar-refractivity contribution < 1.29 is 23.8 Å². The molecule has 0 unspecified atom stereocenters. The molecule has 0 radical (unpaired) electrons. The molecule has 1 saturated carbocycles. The van der Waals surface area contributed by atoms with Crippen molar-refractivity contribution in [1.82, 2.24) is 5.32 Å². The first kappa shape index (κ1) is 17.3. The third-order valence-electron chi connectivity index (χ3n) is 5.10. The molecule has 134 valence electrons. The van der Waals surface area contributed by atoms with Crippen molar-refractivity contribution in [3.63, 3.8) is 0 Å². The second kappa shape index (κ2) is 7.17. The summed E-state index contributed by atoms with van der Waals surface area (Å²) in [5, 5.41) is 13.2. The summed E-state index contributed by atoms with van der Waals surface area (Å²) in [5.41, 5.74) is 0.624. The average molecular weight is 345 g/mol. The molecule has 1 aromatic carbocycles. The average Bonchev–Trinajstić information content (AvgIpc) is 3.02. The van der Waals surface area contributed by atoms with Gasteiger partial charge in [-0.3, -0.25) is 9.59 Å². The van der Waals surface area contributed by atoms with Gasteiger partial charge in [0.1, 0.15) is 11.3 Å². The van der Waals surface area contributed by atoms with E-state index in [-0.39, 0.29) is 18.9 Å². The van der Waals surface area contributed by atoms with Crippen LogP contribution in [0.5, 0.6) is 5.75 Å². The van der Waals surface area contributed by atoms with Gasteiger partial charge < -0.3 is 19.6 Å². The van der Waals surface area contributed by atoms with E-state index < -0.39 is 11.4 Å². The molecule has 0 bridgehead atoms. The zero-order valence-electron chi connectivity index (χ0n) is 14.3. The lowest BCUT2D eigenvalue weighted by Crippen LogP contribution is -2.44. The normalized spacial score (nSPS) is 16.5. The van der Waals surface area contributed by atoms with Crippen LogP contribution in [0.15, 0.2) is 28.9 Å². The van der Waals surface area contributed by atoms with Gasteiger partial charge in [0.25, 0.3) is 0 Å². The molecule has 1 fully saturated rings. The lowest BCUT2D eigenvalue weighted by Gasteiger charge is -2.33. The molecule has 0 spiro atoms. The molecule has 1 aliphatic carbocycles. The number of carbonyl (C=O) groups excluding carboxylic acids is 1. The molecule has 1 amide bonds. The fourth-order valence-corrected chi connectivity index (χ4v) is 3.53. The Kier molecular flexibility index (Phi) is 4.97. The van der Waals surface area contributed by atoms with E-state index in [2.05, 4.69) is 5.32 Å². The van der Waals surface area contributed by atoms with Gasteiger partial charge in [0.2, 0.25) is 5.91 Å². The van der Waals surface area contributed by atoms with Crippen LogP contribution in [0, 0.1) is 5.41 Å². The first-order chi connectivity index (χ1) is 12.0. The molecule has 2 N–H and O–H groups in total. The fraction of sp³-hybridized carbons (Fsp3) is 0.474. The van der Waals surface area contributed by atoms with E-state index in [9.17, 15) is 14.7 Å². The number of carbonyl (C=O) groups is 2. The molecule has 1 aromatic heterocycles. The number of carboxylic acids is 1. The maximum Gasteiger partial charge on any atom is 0.311 e. The van der Waals surface area contributed by atoms with Crippen LogP contribution >= 0.6 is 0 Å². The van der Waals surface area contributed by atoms with Gasteiger partial charge in [-0.15, -0.1) is 0 Å². The Bertz CT molecular complexity index is 773. The third-order valence-corrected chi connectivity index (χ3v) is 5.10. The van der Waals surface area contributed by atoms with E-state index in [1.165, 1.54) is 0 Å². The summed E-state index contributed by atoms with van der Waals surface area (Å²) in [6.07, 6.45) is 5.83. The Hall–Kier alpha value is -2.50. The Morgan fingerprint density at radius 3 is 2.72 bits per heavy atom. The SMILES string of the molecule is COc1ccc2c(CC(=O)NCC3(C(=O)O)CCCCC3)coc2c1. The predicted molar refractivity (Wildman–Crippen MR) is 92.6 cm³/mol. The van der Waals surface area contributed by atoms with E-state index in [4.69, 9.17) is 9.15 Å². The van der Waals surface area contributed by atoms with Crippen molar-refractivity contribution in [2.75, 3.05) is 13.7 Å². The van der Waals surface area contributed by atoms with E-state index >= 15 is 0 Å². The van der Waals surface area contributed by atoms with Crippen LogP contribution in [0.2, 0.25) is 0 Å². The number of carboxylic acid groups (broad SMARTS) is 1. The Labute approximate surface area is 146 Å². The minimum absolute atomic E-state index is 0.162. The minimum Gasteiger partial charge on any atom is -0.497 e. The number of furan rings is 1. The standard InChI is InChI=1S/C19H23NO5/c1-24-14-5-6-15-13(11-25-16(15)10-14)9-17(21)20-12-19(18(22)23)7-3-2-4-8-19/h5-6,10-11H,2-4,7-9,12H2,1H3,(H,20,21)(H,22,23). The molecule has 6 heteroatoms. The number of benzene rings is 1. The first-order valence-corrected chi connectivity index (χ1v) is 8.58. The van der Waals surface area contributed by atoms with Crippen LogP contribution in [0.1, 0.15) is 37.7 Å². The van der Waals surface area contributed by atoms with Gasteiger partial charge in [-0.05, 0) is 25.0 Å². The van der Waals surface area contributed by atoms with Crippen molar-refractivity contribution in [2.24, 2.45) is 5.41 Å². The maximum absolute atomic E-state index is 12.3. The van der Waals surface area contributed by atoms with Crippen molar-refractivity contribution in [3.8, 4) is 5.75 Å². The van der Waals surface area contributed by atoms with Crippen molar-refractivity contribution in [3.05, 3.63) is 30.0 Å². The highest BCUT2D eigenvalue weighted by molar-refractivity contribution is 5.88. The highest BCUT2D eigenvalue weighted by Crippen LogP contribution is 2.36. The van der Waals surface area contributed by atoms with Gasteiger partial charge in [0.15, 0.2) is 0 Å². The minimum atomic E-state index is -0.820. The smallest absolute Gasteiger partial charge is 0.311 e. The second-order valence-corrected chi connectivity index (χ2v) is 6.72. The van der Waals surface area contributed by atoms with Gasteiger partial charge in [-0.2, -0.15) is 0 Å². The molecule has 1 heterocycles. The number of hydrogen-bond donors (Lipinski definition) is 2. The maximum atomic E-state index is 12.3. The molecule has 3 rings (SSSR count). The Morgan fingerprint density at radius 2 is 2.04 bits per heavy atom. The number of hydrogen-bond acceptors (Lipinski definition) is 4. The topological polar surface area (TPSA) is 88.8 Å². The summed E-state index contributed by atoms with van der Waals surface area (Å²) < 4.78 is 10.6. The predicted octanol–water partition coefficient (Wildman–Crippen LogP) is 3.14. The van der Waals surface area contributed by atoms with Crippen LogP contribution in [-0.4, -0.2) is 30.6 Å². The number of aliphatic carboxylic acids is 1. The van der Waals surface area contributed by atoms with Crippen LogP contribution in [-0.2, 0) is 16.0 Å².